The average molecular weight is 480 g/mol. The number of hydrogen-bond acceptors (Lipinski definition) is 5. The topological polar surface area (TPSA) is 80.1 Å². The summed E-state index contributed by atoms with van der Waals surface area (Å²) in [6.07, 6.45) is 3.15. The van der Waals surface area contributed by atoms with E-state index in [1.54, 1.807) is 20.9 Å². The molecule has 0 aliphatic carbocycles. The van der Waals surface area contributed by atoms with Crippen LogP contribution in [0.1, 0.15) is 61.2 Å². The summed E-state index contributed by atoms with van der Waals surface area (Å²) in [7, 11) is 1.89. The second kappa shape index (κ2) is 10.5. The van der Waals surface area contributed by atoms with E-state index >= 15 is 0 Å². The average Bonchev–Trinajstić information content (AvgIpc) is 3.56. The first kappa shape index (κ1) is 24.1. The van der Waals surface area contributed by atoms with E-state index < -0.39 is 6.04 Å². The summed E-state index contributed by atoms with van der Waals surface area (Å²) in [4.78, 5) is 33.8. The van der Waals surface area contributed by atoms with Crippen molar-refractivity contribution in [3.05, 3.63) is 58.5 Å². The highest BCUT2D eigenvalue weighted by Crippen LogP contribution is 2.29. The molecule has 1 aliphatic heterocycles. The van der Waals surface area contributed by atoms with Gasteiger partial charge in [0, 0.05) is 25.8 Å². The van der Waals surface area contributed by atoms with Gasteiger partial charge >= 0.3 is 0 Å². The molecule has 0 bridgehead atoms. The van der Waals surface area contributed by atoms with Crippen LogP contribution >= 0.6 is 11.3 Å². The second-order valence-electron chi connectivity index (χ2n) is 9.05. The van der Waals surface area contributed by atoms with Gasteiger partial charge in [0.2, 0.25) is 11.8 Å². The van der Waals surface area contributed by atoms with Crippen molar-refractivity contribution in [3.8, 4) is 10.4 Å². The molecule has 0 unspecified atom stereocenters. The van der Waals surface area contributed by atoms with Crippen molar-refractivity contribution in [2.75, 3.05) is 6.54 Å². The van der Waals surface area contributed by atoms with E-state index in [1.165, 1.54) is 4.88 Å². The standard InChI is InChI=1S/C26H33N5O2S/c1-5-7-21(22-14-17(2)30(4)29-22)26(33)31-13-6-8-23(31)25(32)27-15-19-9-11-20(12-10-19)24-18(3)28-16-34-24/h9-12,14,16,21,23H,5-8,13,15H2,1-4H3,(H,27,32)/t21-,23+/m1/s1. The maximum Gasteiger partial charge on any atom is 0.243 e. The first-order chi connectivity index (χ1) is 16.4. The number of carbonyl (C=O) groups excluding carboxylic acids is 2. The lowest BCUT2D eigenvalue weighted by atomic mass is 9.97. The highest BCUT2D eigenvalue weighted by Gasteiger charge is 2.38. The molecule has 0 radical (unpaired) electrons. The lowest BCUT2D eigenvalue weighted by Crippen LogP contribution is -2.47. The molecule has 1 fully saturated rings. The van der Waals surface area contributed by atoms with Gasteiger partial charge in [0.1, 0.15) is 6.04 Å². The third-order valence-electron chi connectivity index (χ3n) is 6.63. The molecule has 2 atom stereocenters. The van der Waals surface area contributed by atoms with Crippen LogP contribution < -0.4 is 5.32 Å². The van der Waals surface area contributed by atoms with Gasteiger partial charge in [-0.3, -0.25) is 14.3 Å². The maximum atomic E-state index is 13.5. The molecule has 1 aromatic carbocycles. The molecule has 3 heterocycles. The summed E-state index contributed by atoms with van der Waals surface area (Å²) >= 11 is 1.63. The zero-order valence-electron chi connectivity index (χ0n) is 20.4. The Morgan fingerprint density at radius 3 is 2.62 bits per heavy atom. The number of amides is 2. The number of thiazole rings is 1. The number of likely N-dealkylation sites (tertiary alicyclic amines) is 1. The molecule has 2 aromatic heterocycles. The van der Waals surface area contributed by atoms with E-state index in [-0.39, 0.29) is 17.7 Å². The van der Waals surface area contributed by atoms with Crippen LogP contribution in [0.2, 0.25) is 0 Å². The lowest BCUT2D eigenvalue weighted by molar-refractivity contribution is -0.139. The van der Waals surface area contributed by atoms with Crippen molar-refractivity contribution in [1.82, 2.24) is 25.0 Å². The Morgan fingerprint density at radius 1 is 1.24 bits per heavy atom. The van der Waals surface area contributed by atoms with Crippen molar-refractivity contribution in [1.29, 1.82) is 0 Å². The second-order valence-corrected chi connectivity index (χ2v) is 9.90. The zero-order chi connectivity index (χ0) is 24.2. The number of hydrogen-bond donors (Lipinski definition) is 1. The third kappa shape index (κ3) is 5.06. The Morgan fingerprint density at radius 2 is 2.00 bits per heavy atom. The SMILES string of the molecule is CCC[C@@H](C(=O)N1CCC[C@H]1C(=O)NCc1ccc(-c2scnc2C)cc1)c1cc(C)n(C)n1. The molecular formula is C26H33N5O2S. The minimum absolute atomic E-state index is 0.0156. The number of rotatable bonds is 8. The minimum Gasteiger partial charge on any atom is -0.350 e. The van der Waals surface area contributed by atoms with Crippen LogP contribution in [-0.2, 0) is 23.2 Å². The van der Waals surface area contributed by atoms with Crippen LogP contribution in [0.15, 0.2) is 35.8 Å². The van der Waals surface area contributed by atoms with Gasteiger partial charge < -0.3 is 10.2 Å². The number of aryl methyl sites for hydroxylation is 3. The molecule has 7 nitrogen and oxygen atoms in total. The summed E-state index contributed by atoms with van der Waals surface area (Å²) in [6, 6.07) is 9.77. The van der Waals surface area contributed by atoms with Crippen LogP contribution in [0.3, 0.4) is 0 Å². The van der Waals surface area contributed by atoms with Gasteiger partial charge in [0.25, 0.3) is 0 Å². The monoisotopic (exact) mass is 479 g/mol. The number of carbonyl (C=O) groups is 2. The molecule has 2 amide bonds. The first-order valence-corrected chi connectivity index (χ1v) is 12.8. The molecular weight excluding hydrogens is 446 g/mol. The largest absolute Gasteiger partial charge is 0.350 e. The normalized spacial score (nSPS) is 16.6. The van der Waals surface area contributed by atoms with E-state index in [0.29, 0.717) is 19.5 Å². The Labute approximate surface area is 205 Å². The van der Waals surface area contributed by atoms with E-state index in [9.17, 15) is 9.59 Å². The summed E-state index contributed by atoms with van der Waals surface area (Å²) in [6.45, 7) is 7.13. The van der Waals surface area contributed by atoms with E-state index in [0.717, 1.165) is 47.5 Å². The van der Waals surface area contributed by atoms with Crippen molar-refractivity contribution in [2.45, 2.75) is 65.0 Å². The summed E-state index contributed by atoms with van der Waals surface area (Å²) in [5, 5.41) is 7.62. The van der Waals surface area contributed by atoms with Crippen molar-refractivity contribution >= 4 is 23.2 Å². The summed E-state index contributed by atoms with van der Waals surface area (Å²) in [5.74, 6) is -0.372. The predicted octanol–water partition coefficient (Wildman–Crippen LogP) is 4.35. The van der Waals surface area contributed by atoms with E-state index in [2.05, 4.69) is 34.5 Å². The molecule has 1 aliphatic rings. The molecule has 0 saturated carbocycles. The van der Waals surface area contributed by atoms with Crippen LogP contribution in [0.25, 0.3) is 10.4 Å². The lowest BCUT2D eigenvalue weighted by Gasteiger charge is -2.27. The summed E-state index contributed by atoms with van der Waals surface area (Å²) < 4.78 is 1.81. The van der Waals surface area contributed by atoms with Gasteiger partial charge in [-0.05, 0) is 50.3 Å². The van der Waals surface area contributed by atoms with Crippen molar-refractivity contribution in [3.63, 3.8) is 0 Å². The van der Waals surface area contributed by atoms with Gasteiger partial charge in [-0.2, -0.15) is 5.10 Å². The Balaban J connectivity index is 1.40. The van der Waals surface area contributed by atoms with Crippen LogP contribution in [-0.4, -0.2) is 44.1 Å². The van der Waals surface area contributed by atoms with Crippen LogP contribution in [0.5, 0.6) is 0 Å². The summed E-state index contributed by atoms with van der Waals surface area (Å²) in [5.41, 5.74) is 6.87. The number of nitrogens with zero attached hydrogens (tertiary/aromatic N) is 4. The van der Waals surface area contributed by atoms with Gasteiger partial charge in [0.05, 0.1) is 27.7 Å². The van der Waals surface area contributed by atoms with Gasteiger partial charge in [-0.25, -0.2) is 4.98 Å². The van der Waals surface area contributed by atoms with Crippen molar-refractivity contribution < 1.29 is 9.59 Å². The molecule has 1 saturated heterocycles. The minimum atomic E-state index is -0.421. The number of benzene rings is 1. The fourth-order valence-corrected chi connectivity index (χ4v) is 5.42. The van der Waals surface area contributed by atoms with Crippen molar-refractivity contribution in [2.24, 2.45) is 7.05 Å². The molecule has 4 rings (SSSR count). The highest BCUT2D eigenvalue weighted by molar-refractivity contribution is 7.13. The Hall–Kier alpha value is -3.00. The highest BCUT2D eigenvalue weighted by atomic mass is 32.1. The van der Waals surface area contributed by atoms with Crippen LogP contribution in [0.4, 0.5) is 0 Å². The quantitative estimate of drug-likeness (QED) is 0.521. The number of aromatic nitrogens is 3. The fraction of sp³-hybridized carbons (Fsp3) is 0.462. The van der Waals surface area contributed by atoms with Crippen LogP contribution in [0, 0.1) is 13.8 Å². The molecule has 1 N–H and O–H groups in total. The third-order valence-corrected chi connectivity index (χ3v) is 7.61. The van der Waals surface area contributed by atoms with Gasteiger partial charge in [-0.1, -0.05) is 37.6 Å². The molecule has 34 heavy (non-hydrogen) atoms. The Kier molecular flexibility index (Phi) is 7.46. The van der Waals surface area contributed by atoms with E-state index in [1.807, 2.05) is 44.6 Å². The zero-order valence-corrected chi connectivity index (χ0v) is 21.2. The maximum absolute atomic E-state index is 13.5. The van der Waals surface area contributed by atoms with E-state index in [4.69, 9.17) is 0 Å². The Bertz CT molecular complexity index is 1130. The smallest absolute Gasteiger partial charge is 0.243 e. The van der Waals surface area contributed by atoms with Gasteiger partial charge in [-0.15, -0.1) is 11.3 Å². The van der Waals surface area contributed by atoms with Gasteiger partial charge in [0.15, 0.2) is 0 Å². The molecule has 0 spiro atoms. The fourth-order valence-electron chi connectivity index (χ4n) is 4.61. The predicted molar refractivity (Wildman–Crippen MR) is 134 cm³/mol. The first-order valence-electron chi connectivity index (χ1n) is 12.0. The molecule has 8 heteroatoms. The molecule has 180 valence electrons. The number of nitrogens with one attached hydrogen (secondary N) is 1. The molecule has 3 aromatic rings.